The first kappa shape index (κ1) is 15.5. The van der Waals surface area contributed by atoms with Gasteiger partial charge in [-0.3, -0.25) is 9.78 Å². The van der Waals surface area contributed by atoms with Crippen molar-refractivity contribution in [1.82, 2.24) is 15.2 Å². The fourth-order valence-corrected chi connectivity index (χ4v) is 3.78. The minimum atomic E-state index is 0.237. The number of carbonyl (C=O) groups is 1. The summed E-state index contributed by atoms with van der Waals surface area (Å²) in [6.07, 6.45) is 7.02. The van der Waals surface area contributed by atoms with Crippen molar-refractivity contribution in [2.24, 2.45) is 17.3 Å². The lowest BCUT2D eigenvalue weighted by Crippen LogP contribution is -2.38. The van der Waals surface area contributed by atoms with Crippen LogP contribution in [0.15, 0.2) is 24.5 Å². The molecule has 1 saturated heterocycles. The molecule has 1 spiro atoms. The molecule has 1 aliphatic carbocycles. The average molecular weight is 301 g/mol. The number of rotatable bonds is 5. The third-order valence-electron chi connectivity index (χ3n) is 5.17. The van der Waals surface area contributed by atoms with Crippen LogP contribution in [0.5, 0.6) is 0 Å². The van der Waals surface area contributed by atoms with Gasteiger partial charge in [-0.15, -0.1) is 0 Å². The summed E-state index contributed by atoms with van der Waals surface area (Å²) in [6, 6.07) is 3.91. The molecule has 4 nitrogen and oxygen atoms in total. The Hall–Kier alpha value is -1.42. The topological polar surface area (TPSA) is 45.2 Å². The molecular weight excluding hydrogens is 274 g/mol. The van der Waals surface area contributed by atoms with Crippen LogP contribution in [0.25, 0.3) is 0 Å². The third-order valence-corrected chi connectivity index (χ3v) is 5.17. The minimum Gasteiger partial charge on any atom is -0.352 e. The molecule has 2 fully saturated rings. The molecule has 3 rings (SSSR count). The Morgan fingerprint density at radius 2 is 2.23 bits per heavy atom. The zero-order chi connectivity index (χ0) is 15.6. The highest BCUT2D eigenvalue weighted by Gasteiger charge is 2.58. The molecule has 1 unspecified atom stereocenters. The van der Waals surface area contributed by atoms with Crippen molar-refractivity contribution in [1.29, 1.82) is 0 Å². The number of likely N-dealkylation sites (tertiary alicyclic amines) is 1. The highest BCUT2D eigenvalue weighted by molar-refractivity contribution is 5.82. The summed E-state index contributed by atoms with van der Waals surface area (Å²) in [4.78, 5) is 19.0. The summed E-state index contributed by atoms with van der Waals surface area (Å²) in [5.41, 5.74) is 1.38. The Balaban J connectivity index is 1.45. The van der Waals surface area contributed by atoms with E-state index < -0.39 is 0 Å². The van der Waals surface area contributed by atoms with Crippen molar-refractivity contribution in [2.75, 3.05) is 19.6 Å². The summed E-state index contributed by atoms with van der Waals surface area (Å²) >= 11 is 0. The molecular formula is C18H27N3O. The van der Waals surface area contributed by atoms with E-state index in [1.807, 2.05) is 18.3 Å². The van der Waals surface area contributed by atoms with Gasteiger partial charge in [-0.1, -0.05) is 19.9 Å². The van der Waals surface area contributed by atoms with Crippen LogP contribution < -0.4 is 5.32 Å². The van der Waals surface area contributed by atoms with Crippen LogP contribution in [0.1, 0.15) is 38.7 Å². The average Bonchev–Trinajstić information content (AvgIpc) is 3.22. The van der Waals surface area contributed by atoms with Gasteiger partial charge in [0.25, 0.3) is 0 Å². The first-order valence-electron chi connectivity index (χ1n) is 8.48. The maximum Gasteiger partial charge on any atom is 0.223 e. The number of nitrogens with zero attached hydrogens (tertiary/aromatic N) is 2. The maximum atomic E-state index is 12.4. The Labute approximate surface area is 133 Å². The molecule has 2 heterocycles. The minimum absolute atomic E-state index is 0.237. The number of carbonyl (C=O) groups excluding carboxylic acids is 1. The van der Waals surface area contributed by atoms with Crippen molar-refractivity contribution in [2.45, 2.75) is 39.7 Å². The number of pyridine rings is 1. The van der Waals surface area contributed by atoms with Crippen LogP contribution in [-0.2, 0) is 11.3 Å². The smallest absolute Gasteiger partial charge is 0.223 e. The van der Waals surface area contributed by atoms with E-state index in [-0.39, 0.29) is 11.8 Å². The standard InChI is InChI=1S/C18H27N3O/c1-14(2)13-21-8-5-18(6-9-21)10-16(18)17(22)20-12-15-4-3-7-19-11-15/h3-4,7,11,14,16H,5-6,8-10,12-13H2,1-2H3,(H,20,22). The van der Waals surface area contributed by atoms with Gasteiger partial charge < -0.3 is 10.2 Å². The van der Waals surface area contributed by atoms with E-state index in [1.54, 1.807) is 6.20 Å². The molecule has 0 radical (unpaired) electrons. The van der Waals surface area contributed by atoms with Gasteiger partial charge in [0, 0.05) is 31.4 Å². The van der Waals surface area contributed by atoms with E-state index in [0.29, 0.717) is 12.0 Å². The Bertz CT molecular complexity index is 506. The van der Waals surface area contributed by atoms with Gasteiger partial charge in [-0.25, -0.2) is 0 Å². The van der Waals surface area contributed by atoms with Gasteiger partial charge >= 0.3 is 0 Å². The number of hydrogen-bond acceptors (Lipinski definition) is 3. The Morgan fingerprint density at radius 3 is 2.86 bits per heavy atom. The van der Waals surface area contributed by atoms with Crippen molar-refractivity contribution < 1.29 is 4.79 Å². The molecule has 4 heteroatoms. The number of amides is 1. The van der Waals surface area contributed by atoms with E-state index >= 15 is 0 Å². The highest BCUT2D eigenvalue weighted by Crippen LogP contribution is 2.59. The fourth-order valence-electron chi connectivity index (χ4n) is 3.78. The normalized spacial score (nSPS) is 23.7. The van der Waals surface area contributed by atoms with Crippen molar-refractivity contribution in [3.05, 3.63) is 30.1 Å². The van der Waals surface area contributed by atoms with Crippen LogP contribution >= 0.6 is 0 Å². The summed E-state index contributed by atoms with van der Waals surface area (Å²) in [5, 5.41) is 3.08. The quantitative estimate of drug-likeness (QED) is 0.908. The summed E-state index contributed by atoms with van der Waals surface area (Å²) in [6.45, 7) is 8.65. The van der Waals surface area contributed by atoms with Crippen LogP contribution in [-0.4, -0.2) is 35.4 Å². The van der Waals surface area contributed by atoms with Gasteiger partial charge in [0.05, 0.1) is 0 Å². The molecule has 2 aliphatic rings. The molecule has 1 aromatic rings. The third kappa shape index (κ3) is 3.49. The monoisotopic (exact) mass is 301 g/mol. The van der Waals surface area contributed by atoms with Crippen molar-refractivity contribution >= 4 is 5.91 Å². The molecule has 1 atom stereocenters. The zero-order valence-electron chi connectivity index (χ0n) is 13.7. The first-order chi connectivity index (χ1) is 10.6. The predicted octanol–water partition coefficient (Wildman–Crippen LogP) is 2.46. The second-order valence-corrected chi connectivity index (χ2v) is 7.39. The fraction of sp³-hybridized carbons (Fsp3) is 0.667. The molecule has 1 aliphatic heterocycles. The zero-order valence-corrected chi connectivity index (χ0v) is 13.7. The highest BCUT2D eigenvalue weighted by atomic mass is 16.2. The van der Waals surface area contributed by atoms with Crippen LogP contribution in [0.4, 0.5) is 0 Å². The van der Waals surface area contributed by atoms with E-state index in [9.17, 15) is 4.79 Å². The van der Waals surface area contributed by atoms with Gasteiger partial charge in [0.1, 0.15) is 0 Å². The Kier molecular flexibility index (Phi) is 4.48. The first-order valence-corrected chi connectivity index (χ1v) is 8.48. The molecule has 0 aromatic carbocycles. The summed E-state index contributed by atoms with van der Waals surface area (Å²) in [5.74, 6) is 1.21. The number of nitrogens with one attached hydrogen (secondary N) is 1. The van der Waals surface area contributed by atoms with Crippen molar-refractivity contribution in [3.63, 3.8) is 0 Å². The number of piperidine rings is 1. The second kappa shape index (κ2) is 6.37. The van der Waals surface area contributed by atoms with Crippen LogP contribution in [0.3, 0.4) is 0 Å². The van der Waals surface area contributed by atoms with E-state index in [1.165, 1.54) is 19.4 Å². The van der Waals surface area contributed by atoms with Crippen LogP contribution in [0, 0.1) is 17.3 Å². The summed E-state index contributed by atoms with van der Waals surface area (Å²) in [7, 11) is 0. The molecule has 0 bridgehead atoms. The largest absolute Gasteiger partial charge is 0.352 e. The molecule has 120 valence electrons. The van der Waals surface area contributed by atoms with Gasteiger partial charge in [-0.2, -0.15) is 0 Å². The van der Waals surface area contributed by atoms with Gasteiger partial charge in [0.2, 0.25) is 5.91 Å². The Morgan fingerprint density at radius 1 is 1.45 bits per heavy atom. The predicted molar refractivity (Wildman–Crippen MR) is 87.1 cm³/mol. The number of aromatic nitrogens is 1. The SMILES string of the molecule is CC(C)CN1CCC2(CC1)CC2C(=O)NCc1cccnc1. The van der Waals surface area contributed by atoms with E-state index in [4.69, 9.17) is 0 Å². The van der Waals surface area contributed by atoms with E-state index in [0.717, 1.165) is 31.0 Å². The molecule has 1 aromatic heterocycles. The van der Waals surface area contributed by atoms with Crippen LogP contribution in [0.2, 0.25) is 0 Å². The van der Waals surface area contributed by atoms with Crippen molar-refractivity contribution in [3.8, 4) is 0 Å². The lowest BCUT2D eigenvalue weighted by molar-refractivity contribution is -0.123. The lowest BCUT2D eigenvalue weighted by Gasteiger charge is -2.33. The van der Waals surface area contributed by atoms with Gasteiger partial charge in [-0.05, 0) is 55.3 Å². The summed E-state index contributed by atoms with van der Waals surface area (Å²) < 4.78 is 0. The molecule has 1 N–H and O–H groups in total. The van der Waals surface area contributed by atoms with Gasteiger partial charge in [0.15, 0.2) is 0 Å². The lowest BCUT2D eigenvalue weighted by atomic mass is 9.90. The second-order valence-electron chi connectivity index (χ2n) is 7.39. The molecule has 1 amide bonds. The number of hydrogen-bond donors (Lipinski definition) is 1. The molecule has 22 heavy (non-hydrogen) atoms. The molecule has 1 saturated carbocycles. The van der Waals surface area contributed by atoms with E-state index in [2.05, 4.69) is 29.0 Å². The maximum absolute atomic E-state index is 12.4.